The molecular formula is C11H12Si. The molecule has 0 spiro atoms. The van der Waals surface area contributed by atoms with E-state index in [4.69, 9.17) is 0 Å². The number of allylic oxidation sites excluding steroid dienone is 2. The molecule has 0 unspecified atom stereocenters. The van der Waals surface area contributed by atoms with Crippen molar-refractivity contribution in [2.45, 2.75) is 6.55 Å². The summed E-state index contributed by atoms with van der Waals surface area (Å²) in [5.41, 5.74) is 4.73. The van der Waals surface area contributed by atoms with Crippen LogP contribution in [0.3, 0.4) is 0 Å². The molecule has 60 valence electrons. The first-order valence-electron chi connectivity index (χ1n) is 4.24. The van der Waals surface area contributed by atoms with Crippen LogP contribution in [0.2, 0.25) is 6.55 Å². The second-order valence-electron chi connectivity index (χ2n) is 3.37. The first-order valence-corrected chi connectivity index (χ1v) is 6.89. The van der Waals surface area contributed by atoms with Crippen molar-refractivity contribution in [3.05, 3.63) is 53.9 Å². The van der Waals surface area contributed by atoms with Crippen molar-refractivity contribution in [1.29, 1.82) is 0 Å². The van der Waals surface area contributed by atoms with Crippen LogP contribution in [-0.4, -0.2) is 8.07 Å². The number of hydrogen-bond acceptors (Lipinski definition) is 0. The Morgan fingerprint density at radius 1 is 0.917 bits per heavy atom. The lowest BCUT2D eigenvalue weighted by Gasteiger charge is -2.16. The van der Waals surface area contributed by atoms with Crippen molar-refractivity contribution >= 4 is 13.3 Å². The van der Waals surface area contributed by atoms with Gasteiger partial charge in [-0.3, -0.25) is 0 Å². The SMILES string of the molecule is C[Si]1(c2ccccc2)C=CC=C1. The van der Waals surface area contributed by atoms with E-state index >= 15 is 0 Å². The zero-order valence-corrected chi connectivity index (χ0v) is 8.20. The van der Waals surface area contributed by atoms with Gasteiger partial charge in [0.05, 0.1) is 0 Å². The van der Waals surface area contributed by atoms with Gasteiger partial charge in [0, 0.05) is 0 Å². The van der Waals surface area contributed by atoms with Crippen LogP contribution in [-0.2, 0) is 0 Å². The third-order valence-corrected chi connectivity index (χ3v) is 5.74. The van der Waals surface area contributed by atoms with Gasteiger partial charge < -0.3 is 0 Å². The van der Waals surface area contributed by atoms with Gasteiger partial charge in [0.2, 0.25) is 0 Å². The lowest BCUT2D eigenvalue weighted by Crippen LogP contribution is -2.39. The van der Waals surface area contributed by atoms with Crippen molar-refractivity contribution < 1.29 is 0 Å². The van der Waals surface area contributed by atoms with E-state index in [9.17, 15) is 0 Å². The van der Waals surface area contributed by atoms with E-state index in [2.05, 4.69) is 60.4 Å². The van der Waals surface area contributed by atoms with Gasteiger partial charge in [-0.25, -0.2) is 0 Å². The molecule has 0 saturated carbocycles. The Balaban J connectivity index is 2.43. The van der Waals surface area contributed by atoms with Crippen molar-refractivity contribution in [2.75, 3.05) is 0 Å². The van der Waals surface area contributed by atoms with Crippen molar-refractivity contribution in [3.63, 3.8) is 0 Å². The van der Waals surface area contributed by atoms with Gasteiger partial charge in [0.15, 0.2) is 0 Å². The lowest BCUT2D eigenvalue weighted by atomic mass is 10.4. The summed E-state index contributed by atoms with van der Waals surface area (Å²) in [5, 5.41) is 1.50. The average Bonchev–Trinajstić information content (AvgIpc) is 2.55. The summed E-state index contributed by atoms with van der Waals surface area (Å²) in [6.45, 7) is 2.36. The van der Waals surface area contributed by atoms with E-state index in [0.717, 1.165) is 0 Å². The van der Waals surface area contributed by atoms with Gasteiger partial charge in [-0.05, 0) is 0 Å². The number of benzene rings is 1. The smallest absolute Gasteiger partial charge is 0.0865 e. The Labute approximate surface area is 74.3 Å². The molecule has 0 saturated heterocycles. The molecule has 1 aromatic carbocycles. The second kappa shape index (κ2) is 2.76. The van der Waals surface area contributed by atoms with Crippen LogP contribution in [0.25, 0.3) is 0 Å². The maximum Gasteiger partial charge on any atom is 0.130 e. The highest BCUT2D eigenvalue weighted by atomic mass is 28.3. The zero-order valence-electron chi connectivity index (χ0n) is 7.20. The summed E-state index contributed by atoms with van der Waals surface area (Å²) in [5.74, 6) is 0. The normalized spacial score (nSPS) is 18.4. The van der Waals surface area contributed by atoms with E-state index in [0.29, 0.717) is 0 Å². The van der Waals surface area contributed by atoms with Crippen LogP contribution in [0, 0.1) is 0 Å². The van der Waals surface area contributed by atoms with Gasteiger partial charge in [-0.15, -0.1) is 0 Å². The Morgan fingerprint density at radius 3 is 2.08 bits per heavy atom. The molecule has 0 aromatic heterocycles. The van der Waals surface area contributed by atoms with E-state index in [1.807, 2.05) is 0 Å². The first-order chi connectivity index (χ1) is 5.81. The molecule has 0 amide bonds. The first kappa shape index (κ1) is 7.56. The van der Waals surface area contributed by atoms with Gasteiger partial charge in [-0.1, -0.05) is 65.6 Å². The zero-order chi connectivity index (χ0) is 8.44. The Hall–Kier alpha value is -1.08. The fourth-order valence-corrected chi connectivity index (χ4v) is 3.98. The molecule has 0 aliphatic carbocycles. The van der Waals surface area contributed by atoms with Gasteiger partial charge in [-0.2, -0.15) is 0 Å². The van der Waals surface area contributed by atoms with Gasteiger partial charge in [0.1, 0.15) is 8.07 Å². The van der Waals surface area contributed by atoms with Crippen molar-refractivity contribution in [3.8, 4) is 0 Å². The molecule has 0 atom stereocenters. The lowest BCUT2D eigenvalue weighted by molar-refractivity contribution is 1.74. The quantitative estimate of drug-likeness (QED) is 0.570. The number of hydrogen-bond donors (Lipinski definition) is 0. The fourth-order valence-electron chi connectivity index (χ4n) is 1.56. The predicted octanol–water partition coefficient (Wildman–Crippen LogP) is 2.18. The van der Waals surface area contributed by atoms with Crippen LogP contribution in [0.4, 0.5) is 0 Å². The molecule has 0 nitrogen and oxygen atoms in total. The highest BCUT2D eigenvalue weighted by Crippen LogP contribution is 2.12. The third kappa shape index (κ3) is 1.16. The molecule has 1 aromatic rings. The van der Waals surface area contributed by atoms with E-state index < -0.39 is 8.07 Å². The van der Waals surface area contributed by atoms with E-state index in [-0.39, 0.29) is 0 Å². The van der Waals surface area contributed by atoms with Crippen LogP contribution in [0.1, 0.15) is 0 Å². The summed E-state index contributed by atoms with van der Waals surface area (Å²) < 4.78 is 0. The largest absolute Gasteiger partial charge is 0.130 e. The monoisotopic (exact) mass is 172 g/mol. The maximum atomic E-state index is 2.36. The Bertz CT molecular complexity index is 310. The fraction of sp³-hybridized carbons (Fsp3) is 0.0909. The highest BCUT2D eigenvalue weighted by molar-refractivity contribution is 6.99. The topological polar surface area (TPSA) is 0 Å². The third-order valence-electron chi connectivity index (χ3n) is 2.39. The van der Waals surface area contributed by atoms with Crippen LogP contribution in [0.5, 0.6) is 0 Å². The molecule has 12 heavy (non-hydrogen) atoms. The molecule has 0 N–H and O–H groups in total. The summed E-state index contributed by atoms with van der Waals surface area (Å²) >= 11 is 0. The average molecular weight is 172 g/mol. The summed E-state index contributed by atoms with van der Waals surface area (Å²) in [4.78, 5) is 0. The molecule has 0 bridgehead atoms. The minimum absolute atomic E-state index is 1.32. The van der Waals surface area contributed by atoms with Crippen LogP contribution >= 0.6 is 0 Å². The minimum atomic E-state index is -1.32. The molecule has 1 aliphatic heterocycles. The van der Waals surface area contributed by atoms with Gasteiger partial charge in [0.25, 0.3) is 0 Å². The second-order valence-corrected chi connectivity index (χ2v) is 7.18. The molecule has 1 heteroatoms. The predicted molar refractivity (Wildman–Crippen MR) is 56.0 cm³/mol. The van der Waals surface area contributed by atoms with E-state index in [1.54, 1.807) is 0 Å². The van der Waals surface area contributed by atoms with Crippen LogP contribution in [0.15, 0.2) is 53.9 Å². The van der Waals surface area contributed by atoms with E-state index in [1.165, 1.54) is 5.19 Å². The molecule has 1 aliphatic rings. The molecule has 2 rings (SSSR count). The highest BCUT2D eigenvalue weighted by Gasteiger charge is 2.24. The molecular weight excluding hydrogens is 160 g/mol. The van der Waals surface area contributed by atoms with Crippen molar-refractivity contribution in [2.24, 2.45) is 0 Å². The summed E-state index contributed by atoms with van der Waals surface area (Å²) in [7, 11) is -1.32. The summed E-state index contributed by atoms with van der Waals surface area (Å²) in [6.07, 6.45) is 4.33. The standard InChI is InChI=1S/C11H12Si/c1-12(9-5-6-10-12)11-7-3-2-4-8-11/h2-10H,1H3. The maximum absolute atomic E-state index is 2.36. The van der Waals surface area contributed by atoms with Crippen molar-refractivity contribution in [1.82, 2.24) is 0 Å². The molecule has 0 radical (unpaired) electrons. The minimum Gasteiger partial charge on any atom is -0.0865 e. The molecule has 1 heterocycles. The van der Waals surface area contributed by atoms with Gasteiger partial charge >= 0.3 is 0 Å². The van der Waals surface area contributed by atoms with Crippen LogP contribution < -0.4 is 5.19 Å². The molecule has 0 fully saturated rings. The Morgan fingerprint density at radius 2 is 1.50 bits per heavy atom. The summed E-state index contributed by atoms with van der Waals surface area (Å²) in [6, 6.07) is 10.8. The Kier molecular flexibility index (Phi) is 1.74. The number of rotatable bonds is 1.